The second kappa shape index (κ2) is 6.45. The Morgan fingerprint density at radius 1 is 1.56 bits per heavy atom. The molecule has 1 rings (SSSR count). The minimum absolute atomic E-state index is 0.0750. The molecule has 0 N–H and O–H groups in total. The molecule has 0 aromatic carbocycles. The third-order valence-corrected chi connectivity index (χ3v) is 2.32. The highest BCUT2D eigenvalue weighted by molar-refractivity contribution is 6.30. The molecule has 0 aliphatic carbocycles. The van der Waals surface area contributed by atoms with E-state index in [0.29, 0.717) is 18.1 Å². The van der Waals surface area contributed by atoms with E-state index in [9.17, 15) is 4.79 Å². The van der Waals surface area contributed by atoms with Gasteiger partial charge in [-0.2, -0.15) is 0 Å². The number of pyridine rings is 1. The Morgan fingerprint density at radius 3 is 2.88 bits per heavy atom. The maximum Gasteiger partial charge on any atom is 0.356 e. The van der Waals surface area contributed by atoms with E-state index in [2.05, 4.69) is 4.98 Å². The van der Waals surface area contributed by atoms with Crippen molar-refractivity contribution in [2.45, 2.75) is 19.4 Å². The fourth-order valence-corrected chi connectivity index (χ4v) is 1.12. The molecule has 1 atom stereocenters. The van der Waals surface area contributed by atoms with Gasteiger partial charge in [0.2, 0.25) is 0 Å². The highest BCUT2D eigenvalue weighted by Crippen LogP contribution is 2.07. The van der Waals surface area contributed by atoms with Gasteiger partial charge in [0.05, 0.1) is 17.7 Å². The van der Waals surface area contributed by atoms with Gasteiger partial charge in [0, 0.05) is 19.7 Å². The van der Waals surface area contributed by atoms with Gasteiger partial charge >= 0.3 is 5.97 Å². The average molecular weight is 244 g/mol. The summed E-state index contributed by atoms with van der Waals surface area (Å²) in [4.78, 5) is 15.3. The van der Waals surface area contributed by atoms with E-state index in [0.717, 1.165) is 0 Å². The van der Waals surface area contributed by atoms with Crippen molar-refractivity contribution in [3.05, 3.63) is 29.0 Å². The molecule has 4 nitrogen and oxygen atoms in total. The summed E-state index contributed by atoms with van der Waals surface area (Å²) in [5.74, 6) is -0.444. The minimum atomic E-state index is -0.444. The molecule has 5 heteroatoms. The van der Waals surface area contributed by atoms with Gasteiger partial charge < -0.3 is 9.47 Å². The van der Waals surface area contributed by atoms with Crippen LogP contribution in [0.3, 0.4) is 0 Å². The molecule has 0 saturated heterocycles. The average Bonchev–Trinajstić information content (AvgIpc) is 2.29. The van der Waals surface area contributed by atoms with Crippen molar-refractivity contribution in [1.29, 1.82) is 0 Å². The number of ether oxygens (including phenoxy) is 2. The highest BCUT2D eigenvalue weighted by Gasteiger charge is 2.09. The Morgan fingerprint density at radius 2 is 2.31 bits per heavy atom. The number of hydrogen-bond donors (Lipinski definition) is 0. The van der Waals surface area contributed by atoms with Crippen LogP contribution in [0.15, 0.2) is 18.3 Å². The van der Waals surface area contributed by atoms with Crippen molar-refractivity contribution in [1.82, 2.24) is 4.98 Å². The fraction of sp³-hybridized carbons (Fsp3) is 0.455. The van der Waals surface area contributed by atoms with Crippen LogP contribution in [0.4, 0.5) is 0 Å². The minimum Gasteiger partial charge on any atom is -0.461 e. The van der Waals surface area contributed by atoms with Crippen LogP contribution < -0.4 is 0 Å². The van der Waals surface area contributed by atoms with E-state index in [1.807, 2.05) is 6.92 Å². The summed E-state index contributed by atoms with van der Waals surface area (Å²) >= 11 is 5.65. The summed E-state index contributed by atoms with van der Waals surface area (Å²) in [6.07, 6.45) is 2.15. The molecular formula is C11H14ClNO3. The highest BCUT2D eigenvalue weighted by atomic mass is 35.5. The second-order valence-electron chi connectivity index (χ2n) is 3.33. The topological polar surface area (TPSA) is 48.4 Å². The quantitative estimate of drug-likeness (QED) is 0.745. The van der Waals surface area contributed by atoms with Crippen molar-refractivity contribution in [3.8, 4) is 0 Å². The van der Waals surface area contributed by atoms with E-state index in [1.165, 1.54) is 12.3 Å². The van der Waals surface area contributed by atoms with E-state index in [-0.39, 0.29) is 11.8 Å². The second-order valence-corrected chi connectivity index (χ2v) is 3.77. The number of aromatic nitrogens is 1. The van der Waals surface area contributed by atoms with Crippen molar-refractivity contribution < 1.29 is 14.3 Å². The predicted octanol–water partition coefficient (Wildman–Crippen LogP) is 2.32. The smallest absolute Gasteiger partial charge is 0.356 e. The molecule has 0 aliphatic heterocycles. The van der Waals surface area contributed by atoms with Crippen molar-refractivity contribution in [2.24, 2.45) is 0 Å². The van der Waals surface area contributed by atoms with E-state index < -0.39 is 5.97 Å². The SMILES string of the molecule is CO[C@@H](C)CCOC(=O)c1ccc(Cl)cn1. The zero-order valence-corrected chi connectivity index (χ0v) is 10.0. The Kier molecular flexibility index (Phi) is 5.22. The summed E-state index contributed by atoms with van der Waals surface area (Å²) in [6.45, 7) is 2.23. The molecular weight excluding hydrogens is 230 g/mol. The van der Waals surface area contributed by atoms with Crippen LogP contribution >= 0.6 is 11.6 Å². The Hall–Kier alpha value is -1.13. The first-order valence-corrected chi connectivity index (χ1v) is 5.32. The largest absolute Gasteiger partial charge is 0.461 e. The van der Waals surface area contributed by atoms with E-state index in [1.54, 1.807) is 13.2 Å². The van der Waals surface area contributed by atoms with Gasteiger partial charge in [0.15, 0.2) is 0 Å². The molecule has 0 aliphatic rings. The predicted molar refractivity (Wildman–Crippen MR) is 60.6 cm³/mol. The van der Waals surface area contributed by atoms with Crippen LogP contribution in [0.25, 0.3) is 0 Å². The van der Waals surface area contributed by atoms with Gasteiger partial charge in [-0.25, -0.2) is 9.78 Å². The number of carbonyl (C=O) groups is 1. The number of esters is 1. The molecule has 88 valence electrons. The first-order valence-electron chi connectivity index (χ1n) is 4.95. The molecule has 0 amide bonds. The van der Waals surface area contributed by atoms with Gasteiger partial charge in [0.1, 0.15) is 5.69 Å². The lowest BCUT2D eigenvalue weighted by Crippen LogP contribution is -2.13. The van der Waals surface area contributed by atoms with E-state index >= 15 is 0 Å². The summed E-state index contributed by atoms with van der Waals surface area (Å²) in [6, 6.07) is 3.13. The molecule has 0 radical (unpaired) electrons. The van der Waals surface area contributed by atoms with Crippen LogP contribution in [0.1, 0.15) is 23.8 Å². The summed E-state index contributed by atoms with van der Waals surface area (Å²) in [5, 5.41) is 0.490. The molecule has 0 unspecified atom stereocenters. The van der Waals surface area contributed by atoms with Crippen molar-refractivity contribution in [2.75, 3.05) is 13.7 Å². The van der Waals surface area contributed by atoms with Crippen LogP contribution in [0.5, 0.6) is 0 Å². The molecule has 1 aromatic rings. The molecule has 16 heavy (non-hydrogen) atoms. The third kappa shape index (κ3) is 4.16. The zero-order chi connectivity index (χ0) is 12.0. The molecule has 0 spiro atoms. The number of nitrogens with zero attached hydrogens (tertiary/aromatic N) is 1. The van der Waals surface area contributed by atoms with Crippen LogP contribution in [-0.4, -0.2) is 30.8 Å². The third-order valence-electron chi connectivity index (χ3n) is 2.10. The Labute approximate surface area is 99.5 Å². The van der Waals surface area contributed by atoms with Gasteiger partial charge in [-0.05, 0) is 19.1 Å². The summed E-state index contributed by atoms with van der Waals surface area (Å²) < 4.78 is 10.0. The lowest BCUT2D eigenvalue weighted by Gasteiger charge is -2.09. The van der Waals surface area contributed by atoms with Gasteiger partial charge in [0.25, 0.3) is 0 Å². The van der Waals surface area contributed by atoms with Crippen molar-refractivity contribution >= 4 is 17.6 Å². The maximum absolute atomic E-state index is 11.5. The van der Waals surface area contributed by atoms with Crippen LogP contribution in [0.2, 0.25) is 5.02 Å². The van der Waals surface area contributed by atoms with Crippen molar-refractivity contribution in [3.63, 3.8) is 0 Å². The summed E-state index contributed by atoms with van der Waals surface area (Å²) in [5.41, 5.74) is 0.259. The number of carbonyl (C=O) groups excluding carboxylic acids is 1. The first kappa shape index (κ1) is 12.9. The number of rotatable bonds is 5. The summed E-state index contributed by atoms with van der Waals surface area (Å²) in [7, 11) is 1.62. The van der Waals surface area contributed by atoms with Gasteiger partial charge in [-0.1, -0.05) is 11.6 Å². The van der Waals surface area contributed by atoms with E-state index in [4.69, 9.17) is 21.1 Å². The molecule has 0 bridgehead atoms. The van der Waals surface area contributed by atoms with Crippen LogP contribution in [-0.2, 0) is 9.47 Å². The standard InChI is InChI=1S/C11H14ClNO3/c1-8(15-2)5-6-16-11(14)10-4-3-9(12)7-13-10/h3-4,7-8H,5-6H2,1-2H3/t8-/m0/s1. The normalized spacial score (nSPS) is 12.2. The zero-order valence-electron chi connectivity index (χ0n) is 9.27. The number of methoxy groups -OCH3 is 1. The molecule has 1 aromatic heterocycles. The molecule has 0 fully saturated rings. The number of halogens is 1. The Bertz CT molecular complexity index is 340. The van der Waals surface area contributed by atoms with Gasteiger partial charge in [-0.15, -0.1) is 0 Å². The maximum atomic E-state index is 11.5. The number of hydrogen-bond acceptors (Lipinski definition) is 4. The molecule has 1 heterocycles. The lowest BCUT2D eigenvalue weighted by atomic mass is 10.3. The van der Waals surface area contributed by atoms with Crippen LogP contribution in [0, 0.1) is 0 Å². The molecule has 0 saturated carbocycles. The Balaban J connectivity index is 2.38. The fourth-order valence-electron chi connectivity index (χ4n) is 1.01. The lowest BCUT2D eigenvalue weighted by molar-refractivity contribution is 0.0385. The van der Waals surface area contributed by atoms with Gasteiger partial charge in [-0.3, -0.25) is 0 Å². The monoisotopic (exact) mass is 243 g/mol. The first-order chi connectivity index (χ1) is 7.63.